The normalized spacial score (nSPS) is 12.4. The van der Waals surface area contributed by atoms with E-state index in [1.165, 1.54) is 7.11 Å². The molecule has 0 saturated heterocycles. The highest BCUT2D eigenvalue weighted by molar-refractivity contribution is 5.75. The summed E-state index contributed by atoms with van der Waals surface area (Å²) in [4.78, 5) is 11.5. The number of aromatic nitrogens is 2. The summed E-state index contributed by atoms with van der Waals surface area (Å²) in [5.74, 6) is -0.200. The lowest BCUT2D eigenvalue weighted by molar-refractivity contribution is -0.143. The Balaban J connectivity index is 2.45. The van der Waals surface area contributed by atoms with Crippen LogP contribution in [-0.2, 0) is 23.1 Å². The van der Waals surface area contributed by atoms with Crippen LogP contribution in [0.15, 0.2) is 12.3 Å². The van der Waals surface area contributed by atoms with Crippen LogP contribution < -0.4 is 5.32 Å². The van der Waals surface area contributed by atoms with Crippen molar-refractivity contribution in [2.75, 3.05) is 7.11 Å². The first kappa shape index (κ1) is 13.7. The number of nitrogens with zero attached hydrogens (tertiary/aromatic N) is 2. The number of hydrogen-bond acceptors (Lipinski definition) is 4. The average Bonchev–Trinajstić information content (AvgIpc) is 2.74. The molecule has 96 valence electrons. The molecule has 0 fully saturated rings. The molecule has 0 amide bonds. The second-order valence-corrected chi connectivity index (χ2v) is 4.08. The van der Waals surface area contributed by atoms with Gasteiger partial charge in [-0.05, 0) is 12.5 Å². The van der Waals surface area contributed by atoms with Gasteiger partial charge in [-0.2, -0.15) is 5.10 Å². The SMILES string of the molecule is CCCCC(NCc1ccn(C)n1)C(=O)OC. The molecule has 0 aliphatic heterocycles. The molecule has 1 atom stereocenters. The second-order valence-electron chi connectivity index (χ2n) is 4.08. The van der Waals surface area contributed by atoms with E-state index in [9.17, 15) is 4.79 Å². The summed E-state index contributed by atoms with van der Waals surface area (Å²) in [6.45, 7) is 2.69. The minimum atomic E-state index is -0.234. The van der Waals surface area contributed by atoms with Gasteiger partial charge in [0.2, 0.25) is 0 Å². The monoisotopic (exact) mass is 239 g/mol. The number of carbonyl (C=O) groups is 1. The highest BCUT2D eigenvalue weighted by Gasteiger charge is 2.17. The van der Waals surface area contributed by atoms with Gasteiger partial charge in [0.15, 0.2) is 0 Å². The highest BCUT2D eigenvalue weighted by Crippen LogP contribution is 2.04. The summed E-state index contributed by atoms with van der Waals surface area (Å²) in [7, 11) is 3.29. The predicted molar refractivity (Wildman–Crippen MR) is 65.4 cm³/mol. The molecule has 0 aliphatic carbocycles. The van der Waals surface area contributed by atoms with E-state index in [2.05, 4.69) is 17.3 Å². The summed E-state index contributed by atoms with van der Waals surface area (Å²) in [6.07, 6.45) is 4.76. The molecule has 1 unspecified atom stereocenters. The van der Waals surface area contributed by atoms with Gasteiger partial charge in [-0.15, -0.1) is 0 Å². The van der Waals surface area contributed by atoms with Gasteiger partial charge >= 0.3 is 5.97 Å². The van der Waals surface area contributed by atoms with Crippen LogP contribution in [0.25, 0.3) is 0 Å². The second kappa shape index (κ2) is 7.06. The molecule has 0 spiro atoms. The lowest BCUT2D eigenvalue weighted by Gasteiger charge is -2.15. The largest absolute Gasteiger partial charge is 0.468 e. The van der Waals surface area contributed by atoms with Crippen LogP contribution in [0.5, 0.6) is 0 Å². The van der Waals surface area contributed by atoms with E-state index in [1.807, 2.05) is 19.3 Å². The van der Waals surface area contributed by atoms with Crippen molar-refractivity contribution in [2.24, 2.45) is 7.05 Å². The fourth-order valence-electron chi connectivity index (χ4n) is 1.64. The zero-order valence-electron chi connectivity index (χ0n) is 10.8. The third-order valence-corrected chi connectivity index (χ3v) is 2.63. The molecule has 1 rings (SSSR count). The molecular formula is C12H21N3O2. The van der Waals surface area contributed by atoms with Gasteiger partial charge in [0, 0.05) is 19.8 Å². The van der Waals surface area contributed by atoms with Crippen LogP contribution in [0, 0.1) is 0 Å². The lowest BCUT2D eigenvalue weighted by atomic mass is 10.1. The van der Waals surface area contributed by atoms with Crippen LogP contribution in [0.2, 0.25) is 0 Å². The van der Waals surface area contributed by atoms with Gasteiger partial charge in [-0.1, -0.05) is 19.8 Å². The van der Waals surface area contributed by atoms with Gasteiger partial charge < -0.3 is 4.74 Å². The number of esters is 1. The van der Waals surface area contributed by atoms with Crippen LogP contribution in [0.3, 0.4) is 0 Å². The summed E-state index contributed by atoms with van der Waals surface area (Å²) >= 11 is 0. The first-order chi connectivity index (χ1) is 8.17. The Kier molecular flexibility index (Phi) is 5.69. The lowest BCUT2D eigenvalue weighted by Crippen LogP contribution is -2.37. The Morgan fingerprint density at radius 1 is 1.65 bits per heavy atom. The van der Waals surface area contributed by atoms with Gasteiger partial charge in [0.25, 0.3) is 0 Å². The van der Waals surface area contributed by atoms with E-state index in [0.29, 0.717) is 6.54 Å². The molecule has 5 heteroatoms. The quantitative estimate of drug-likeness (QED) is 0.727. The van der Waals surface area contributed by atoms with Gasteiger partial charge in [-0.25, -0.2) is 0 Å². The van der Waals surface area contributed by atoms with Crippen molar-refractivity contribution in [1.29, 1.82) is 0 Å². The number of methoxy groups -OCH3 is 1. The standard InChI is InChI=1S/C12H21N3O2/c1-4-5-6-11(12(16)17-3)13-9-10-7-8-15(2)14-10/h7-8,11,13H,4-6,9H2,1-3H3. The molecule has 0 saturated carbocycles. The fourth-order valence-corrected chi connectivity index (χ4v) is 1.64. The minimum Gasteiger partial charge on any atom is -0.468 e. The molecule has 0 aromatic carbocycles. The van der Waals surface area contributed by atoms with Crippen molar-refractivity contribution in [3.8, 4) is 0 Å². The zero-order chi connectivity index (χ0) is 12.7. The molecular weight excluding hydrogens is 218 g/mol. The number of hydrogen-bond donors (Lipinski definition) is 1. The van der Waals surface area contributed by atoms with E-state index in [-0.39, 0.29) is 12.0 Å². The third-order valence-electron chi connectivity index (χ3n) is 2.63. The summed E-state index contributed by atoms with van der Waals surface area (Å²) in [5, 5.41) is 7.43. The smallest absolute Gasteiger partial charge is 0.322 e. The maximum atomic E-state index is 11.5. The summed E-state index contributed by atoms with van der Waals surface area (Å²) in [5.41, 5.74) is 0.929. The topological polar surface area (TPSA) is 56.2 Å². The molecule has 17 heavy (non-hydrogen) atoms. The summed E-state index contributed by atoms with van der Waals surface area (Å²) in [6, 6.07) is 1.70. The molecule has 1 N–H and O–H groups in total. The van der Waals surface area contributed by atoms with E-state index in [4.69, 9.17) is 4.74 Å². The van der Waals surface area contributed by atoms with E-state index in [0.717, 1.165) is 25.0 Å². The maximum absolute atomic E-state index is 11.5. The van der Waals surface area contributed by atoms with E-state index < -0.39 is 0 Å². The number of nitrogens with one attached hydrogen (secondary N) is 1. The Morgan fingerprint density at radius 2 is 2.41 bits per heavy atom. The van der Waals surface area contributed by atoms with Gasteiger partial charge in [0.1, 0.15) is 6.04 Å². The highest BCUT2D eigenvalue weighted by atomic mass is 16.5. The Labute approximate surface area is 102 Å². The van der Waals surface area contributed by atoms with Crippen molar-refractivity contribution >= 4 is 5.97 Å². The van der Waals surface area contributed by atoms with E-state index in [1.54, 1.807) is 4.68 Å². The van der Waals surface area contributed by atoms with Crippen LogP contribution >= 0.6 is 0 Å². The molecule has 0 aliphatic rings. The first-order valence-electron chi connectivity index (χ1n) is 5.97. The Morgan fingerprint density at radius 3 is 2.94 bits per heavy atom. The maximum Gasteiger partial charge on any atom is 0.322 e. The average molecular weight is 239 g/mol. The fraction of sp³-hybridized carbons (Fsp3) is 0.667. The van der Waals surface area contributed by atoms with Crippen molar-refractivity contribution in [3.05, 3.63) is 18.0 Å². The van der Waals surface area contributed by atoms with Gasteiger partial charge in [0.05, 0.1) is 12.8 Å². The molecule has 1 aromatic heterocycles. The predicted octanol–water partition coefficient (Wildman–Crippen LogP) is 1.24. The summed E-state index contributed by atoms with van der Waals surface area (Å²) < 4.78 is 6.52. The van der Waals surface area contributed by atoms with Gasteiger partial charge in [-0.3, -0.25) is 14.8 Å². The first-order valence-corrected chi connectivity index (χ1v) is 5.97. The number of unbranched alkanes of at least 4 members (excludes halogenated alkanes) is 1. The van der Waals surface area contributed by atoms with Crippen molar-refractivity contribution in [3.63, 3.8) is 0 Å². The minimum absolute atomic E-state index is 0.200. The number of ether oxygens (including phenoxy) is 1. The van der Waals surface area contributed by atoms with E-state index >= 15 is 0 Å². The Hall–Kier alpha value is -1.36. The Bertz CT molecular complexity index is 349. The number of carbonyl (C=O) groups excluding carboxylic acids is 1. The number of rotatable bonds is 7. The zero-order valence-corrected chi connectivity index (χ0v) is 10.8. The molecule has 5 nitrogen and oxygen atoms in total. The van der Waals surface area contributed by atoms with Crippen LogP contribution in [0.1, 0.15) is 31.9 Å². The molecule has 0 radical (unpaired) electrons. The number of aryl methyl sites for hydroxylation is 1. The van der Waals surface area contributed by atoms with Crippen LogP contribution in [0.4, 0.5) is 0 Å². The molecule has 1 aromatic rings. The van der Waals surface area contributed by atoms with Crippen LogP contribution in [-0.4, -0.2) is 28.9 Å². The van der Waals surface area contributed by atoms with Crippen molar-refractivity contribution in [1.82, 2.24) is 15.1 Å². The molecule has 0 bridgehead atoms. The van der Waals surface area contributed by atoms with Crippen molar-refractivity contribution in [2.45, 2.75) is 38.8 Å². The third kappa shape index (κ3) is 4.56. The van der Waals surface area contributed by atoms with Crippen molar-refractivity contribution < 1.29 is 9.53 Å². The molecule has 1 heterocycles.